The number of aromatic nitrogens is 2. The van der Waals surface area contributed by atoms with Crippen molar-refractivity contribution in [2.45, 2.75) is 13.8 Å². The Morgan fingerprint density at radius 2 is 1.93 bits per heavy atom. The second kappa shape index (κ2) is 7.12. The van der Waals surface area contributed by atoms with Gasteiger partial charge >= 0.3 is 0 Å². The third kappa shape index (κ3) is 2.92. The molecule has 150 valence electrons. The van der Waals surface area contributed by atoms with Gasteiger partial charge in [-0.1, -0.05) is 0 Å². The normalized spacial score (nSPS) is 16.1. The van der Waals surface area contributed by atoms with E-state index >= 15 is 0 Å². The van der Waals surface area contributed by atoms with E-state index in [9.17, 15) is 19.2 Å². The van der Waals surface area contributed by atoms with E-state index in [1.807, 2.05) is 17.7 Å². The third-order valence-corrected chi connectivity index (χ3v) is 5.13. The summed E-state index contributed by atoms with van der Waals surface area (Å²) in [6, 6.07) is 9.60. The van der Waals surface area contributed by atoms with Gasteiger partial charge in [0.25, 0.3) is 11.8 Å². The smallest absolute Gasteiger partial charge is 0.271 e. The highest BCUT2D eigenvalue weighted by Crippen LogP contribution is 2.30. The zero-order chi connectivity index (χ0) is 21.6. The Labute approximate surface area is 171 Å². The first-order valence-electron chi connectivity index (χ1n) is 9.27. The predicted octanol–water partition coefficient (Wildman–Crippen LogP) is 3.58. The molecule has 3 heterocycles. The number of likely N-dealkylation sites (N-methyl/N-ethyl adjacent to an activating group) is 1. The van der Waals surface area contributed by atoms with Gasteiger partial charge in [-0.05, 0) is 49.8 Å². The van der Waals surface area contributed by atoms with Crippen LogP contribution in [0.2, 0.25) is 0 Å². The number of halogens is 1. The molecule has 0 aliphatic carbocycles. The number of nitrogens with zero attached hydrogens (tertiary/aromatic N) is 4. The van der Waals surface area contributed by atoms with Gasteiger partial charge in [0.1, 0.15) is 34.6 Å². The average Bonchev–Trinajstić information content (AvgIpc) is 3.25. The molecule has 1 aliphatic heterocycles. The van der Waals surface area contributed by atoms with Gasteiger partial charge in [-0.15, -0.1) is 0 Å². The molecule has 2 amide bonds. The van der Waals surface area contributed by atoms with Crippen molar-refractivity contribution in [2.75, 3.05) is 6.54 Å². The Bertz CT molecular complexity index is 1300. The lowest BCUT2D eigenvalue weighted by Crippen LogP contribution is -2.42. The Hall–Kier alpha value is -3.99. The zero-order valence-corrected chi connectivity index (χ0v) is 16.6. The summed E-state index contributed by atoms with van der Waals surface area (Å²) in [4.78, 5) is 30.5. The summed E-state index contributed by atoms with van der Waals surface area (Å²) in [6.45, 7) is 3.40. The molecule has 0 fully saturated rings. The van der Waals surface area contributed by atoms with Crippen LogP contribution >= 0.6 is 0 Å². The van der Waals surface area contributed by atoms with Crippen LogP contribution in [0.4, 0.5) is 4.39 Å². The molecule has 3 aromatic rings. The summed E-state index contributed by atoms with van der Waals surface area (Å²) in [5.41, 5.74) is 2.27. The molecule has 8 heteroatoms. The van der Waals surface area contributed by atoms with E-state index in [1.165, 1.54) is 18.2 Å². The van der Waals surface area contributed by atoms with E-state index in [0.29, 0.717) is 28.4 Å². The van der Waals surface area contributed by atoms with Crippen LogP contribution in [0.3, 0.4) is 0 Å². The summed E-state index contributed by atoms with van der Waals surface area (Å²) in [5, 5.41) is 9.33. The fourth-order valence-electron chi connectivity index (χ4n) is 3.48. The molecule has 0 unspecified atom stereocenters. The molecule has 0 radical (unpaired) electrons. The monoisotopic (exact) mass is 404 g/mol. The first-order chi connectivity index (χ1) is 14.3. The van der Waals surface area contributed by atoms with Crippen LogP contribution in [0.15, 0.2) is 51.5 Å². The Kier molecular flexibility index (Phi) is 4.59. The highest BCUT2D eigenvalue weighted by molar-refractivity contribution is 6.19. The first kappa shape index (κ1) is 19.3. The summed E-state index contributed by atoms with van der Waals surface area (Å²) in [7, 11) is 1.81. The maximum atomic E-state index is 13.2. The van der Waals surface area contributed by atoms with Gasteiger partial charge in [0, 0.05) is 30.8 Å². The van der Waals surface area contributed by atoms with Gasteiger partial charge in [-0.25, -0.2) is 4.39 Å². The summed E-state index contributed by atoms with van der Waals surface area (Å²) >= 11 is 0. The number of amides is 2. The van der Waals surface area contributed by atoms with Crippen molar-refractivity contribution >= 4 is 29.1 Å². The first-order valence-corrected chi connectivity index (χ1v) is 9.27. The Balaban J connectivity index is 1.79. The highest BCUT2D eigenvalue weighted by Gasteiger charge is 2.34. The number of hydrogen-bond acceptors (Lipinski definition) is 5. The van der Waals surface area contributed by atoms with Gasteiger partial charge in [0.05, 0.1) is 0 Å². The van der Waals surface area contributed by atoms with Crippen molar-refractivity contribution < 1.29 is 18.4 Å². The molecule has 4 rings (SSSR count). The number of aryl methyl sites for hydroxylation is 1. The summed E-state index contributed by atoms with van der Waals surface area (Å²) < 4.78 is 20.8. The molecule has 0 N–H and O–H groups in total. The van der Waals surface area contributed by atoms with Crippen LogP contribution in [-0.4, -0.2) is 32.8 Å². The number of hydrogen-bond donors (Lipinski definition) is 0. The van der Waals surface area contributed by atoms with Crippen LogP contribution in [0.1, 0.15) is 19.6 Å². The Morgan fingerprint density at radius 1 is 1.23 bits per heavy atom. The average molecular weight is 404 g/mol. The van der Waals surface area contributed by atoms with Crippen LogP contribution < -0.4 is 0 Å². The molecule has 0 spiro atoms. The van der Waals surface area contributed by atoms with Gasteiger partial charge in [0.2, 0.25) is 5.71 Å². The minimum absolute atomic E-state index is 0.0597. The SMILES string of the molecule is CCN1C(=O)C(C#N)=C(C)/C(=C/c2cc3c(nc(-c4ccc(F)cc4)n3C)o2)C1=O. The fourth-order valence-corrected chi connectivity index (χ4v) is 3.48. The topological polar surface area (TPSA) is 92.1 Å². The van der Waals surface area contributed by atoms with Gasteiger partial charge in [-0.2, -0.15) is 10.2 Å². The molecule has 0 bridgehead atoms. The molecule has 0 atom stereocenters. The molecule has 1 aliphatic rings. The van der Waals surface area contributed by atoms with Crippen LogP contribution in [0.5, 0.6) is 0 Å². The third-order valence-electron chi connectivity index (χ3n) is 5.13. The number of fused-ring (bicyclic) bond motifs is 1. The lowest BCUT2D eigenvalue weighted by molar-refractivity contribution is -0.140. The quantitative estimate of drug-likeness (QED) is 0.491. The predicted molar refractivity (Wildman–Crippen MR) is 107 cm³/mol. The number of carbonyl (C=O) groups excluding carboxylic acids is 2. The van der Waals surface area contributed by atoms with Crippen molar-refractivity contribution in [3.05, 3.63) is 58.6 Å². The van der Waals surface area contributed by atoms with Crippen molar-refractivity contribution in [1.82, 2.24) is 14.5 Å². The summed E-state index contributed by atoms with van der Waals surface area (Å²) in [6.07, 6.45) is 1.52. The van der Waals surface area contributed by atoms with E-state index < -0.39 is 11.8 Å². The van der Waals surface area contributed by atoms with E-state index in [0.717, 1.165) is 10.5 Å². The number of imidazole rings is 1. The number of benzene rings is 1. The molecule has 1 aromatic carbocycles. The Morgan fingerprint density at radius 3 is 2.53 bits per heavy atom. The second-order valence-corrected chi connectivity index (χ2v) is 6.86. The molecule has 2 aromatic heterocycles. The molecule has 0 saturated carbocycles. The number of furan rings is 1. The van der Waals surface area contributed by atoms with Crippen LogP contribution in [0, 0.1) is 17.1 Å². The van der Waals surface area contributed by atoms with Gasteiger partial charge in [-0.3, -0.25) is 14.5 Å². The van der Waals surface area contributed by atoms with E-state index in [1.54, 1.807) is 32.0 Å². The standard InChI is InChI=1S/C22H17FN4O3/c1-4-27-21(28)16(12(2)17(11-24)22(27)29)9-15-10-18-20(30-15)25-19(26(18)3)13-5-7-14(23)8-6-13/h5-10H,4H2,1-3H3/b16-9-. The van der Waals surface area contributed by atoms with Crippen molar-refractivity contribution in [2.24, 2.45) is 7.05 Å². The lowest BCUT2D eigenvalue weighted by Gasteiger charge is -2.25. The van der Waals surface area contributed by atoms with E-state index in [-0.39, 0.29) is 23.5 Å². The largest absolute Gasteiger partial charge is 0.437 e. The van der Waals surface area contributed by atoms with Gasteiger partial charge < -0.3 is 8.98 Å². The lowest BCUT2D eigenvalue weighted by atomic mass is 9.95. The maximum absolute atomic E-state index is 13.2. The van der Waals surface area contributed by atoms with E-state index in [4.69, 9.17) is 4.42 Å². The number of rotatable bonds is 3. The molecule has 30 heavy (non-hydrogen) atoms. The minimum atomic E-state index is -0.588. The number of imide groups is 1. The molecular formula is C22H17FN4O3. The molecule has 0 saturated heterocycles. The summed E-state index contributed by atoms with van der Waals surface area (Å²) in [5.74, 6) is -0.404. The fraction of sp³-hybridized carbons (Fsp3) is 0.182. The van der Waals surface area contributed by atoms with Crippen LogP contribution in [0.25, 0.3) is 28.7 Å². The number of carbonyl (C=O) groups is 2. The van der Waals surface area contributed by atoms with E-state index in [2.05, 4.69) is 4.98 Å². The zero-order valence-electron chi connectivity index (χ0n) is 16.6. The van der Waals surface area contributed by atoms with Gasteiger partial charge in [0.15, 0.2) is 0 Å². The van der Waals surface area contributed by atoms with Crippen molar-refractivity contribution in [3.8, 4) is 17.5 Å². The van der Waals surface area contributed by atoms with Crippen molar-refractivity contribution in [3.63, 3.8) is 0 Å². The minimum Gasteiger partial charge on any atom is -0.437 e. The van der Waals surface area contributed by atoms with Crippen LogP contribution in [-0.2, 0) is 16.6 Å². The molecule has 7 nitrogen and oxygen atoms in total. The second-order valence-electron chi connectivity index (χ2n) is 6.86. The number of nitriles is 1. The van der Waals surface area contributed by atoms with Crippen molar-refractivity contribution in [1.29, 1.82) is 5.26 Å². The highest BCUT2D eigenvalue weighted by atomic mass is 19.1. The molecular weight excluding hydrogens is 387 g/mol. The maximum Gasteiger partial charge on any atom is 0.271 e.